The molecule has 8 heteroatoms. The Morgan fingerprint density at radius 3 is 2.69 bits per heavy atom. The van der Waals surface area contributed by atoms with E-state index in [-0.39, 0.29) is 15.9 Å². The van der Waals surface area contributed by atoms with Crippen molar-refractivity contribution in [1.82, 2.24) is 10.5 Å². The summed E-state index contributed by atoms with van der Waals surface area (Å²) in [6.45, 7) is -0.648. The van der Waals surface area contributed by atoms with E-state index in [9.17, 15) is 9.59 Å². The molecule has 0 saturated heterocycles. The van der Waals surface area contributed by atoms with E-state index in [2.05, 4.69) is 9.82 Å². The van der Waals surface area contributed by atoms with Crippen LogP contribution < -0.4 is 5.48 Å². The second-order valence-corrected chi connectivity index (χ2v) is 3.33. The van der Waals surface area contributed by atoms with Crippen LogP contribution in [0.1, 0.15) is 10.4 Å². The number of pyridine rings is 1. The fourth-order valence-corrected chi connectivity index (χ4v) is 1.23. The second-order valence-electron chi connectivity index (χ2n) is 2.59. The average Bonchev–Trinajstić information content (AvgIpc) is 2.16. The van der Waals surface area contributed by atoms with Gasteiger partial charge >= 0.3 is 5.97 Å². The molecule has 0 spiro atoms. The van der Waals surface area contributed by atoms with E-state index in [1.807, 2.05) is 5.48 Å². The van der Waals surface area contributed by atoms with Crippen LogP contribution in [0.4, 0.5) is 0 Å². The Kier molecular flexibility index (Phi) is 4.48. The van der Waals surface area contributed by atoms with Gasteiger partial charge < -0.3 is 5.11 Å². The van der Waals surface area contributed by atoms with Gasteiger partial charge in [-0.05, 0) is 12.1 Å². The number of aromatic nitrogens is 1. The predicted molar refractivity (Wildman–Crippen MR) is 55.3 cm³/mol. The lowest BCUT2D eigenvalue weighted by Gasteiger charge is -2.04. The first-order chi connectivity index (χ1) is 7.50. The summed E-state index contributed by atoms with van der Waals surface area (Å²) in [5.74, 6) is -1.91. The molecule has 86 valence electrons. The zero-order chi connectivity index (χ0) is 12.1. The predicted octanol–water partition coefficient (Wildman–Crippen LogP) is 1.13. The fourth-order valence-electron chi connectivity index (χ4n) is 0.800. The Balaban J connectivity index is 2.63. The number of nitrogens with zero attached hydrogens (tertiary/aromatic N) is 1. The average molecular weight is 265 g/mol. The molecule has 0 aliphatic carbocycles. The highest BCUT2D eigenvalue weighted by atomic mass is 35.5. The standard InChI is InChI=1S/C8H6Cl2N2O4/c9-5-2-1-4(7(10)11-5)8(15)12-16-3-6(13)14/h1-2H,3H2,(H,12,15)(H,13,14). The molecular weight excluding hydrogens is 259 g/mol. The summed E-state index contributed by atoms with van der Waals surface area (Å²) in [5.41, 5.74) is 1.94. The van der Waals surface area contributed by atoms with E-state index >= 15 is 0 Å². The second kappa shape index (κ2) is 5.64. The molecule has 0 aliphatic heterocycles. The van der Waals surface area contributed by atoms with Crippen molar-refractivity contribution in [1.29, 1.82) is 0 Å². The van der Waals surface area contributed by atoms with Gasteiger partial charge in [0.05, 0.1) is 5.56 Å². The van der Waals surface area contributed by atoms with Crippen LogP contribution in [0.25, 0.3) is 0 Å². The van der Waals surface area contributed by atoms with Crippen molar-refractivity contribution < 1.29 is 19.5 Å². The van der Waals surface area contributed by atoms with E-state index in [0.717, 1.165) is 0 Å². The van der Waals surface area contributed by atoms with Gasteiger partial charge in [-0.25, -0.2) is 15.3 Å². The van der Waals surface area contributed by atoms with Crippen molar-refractivity contribution in [2.45, 2.75) is 0 Å². The zero-order valence-corrected chi connectivity index (χ0v) is 9.25. The molecule has 0 bridgehead atoms. The first-order valence-electron chi connectivity index (χ1n) is 3.96. The van der Waals surface area contributed by atoms with Gasteiger partial charge in [-0.1, -0.05) is 23.2 Å². The van der Waals surface area contributed by atoms with Gasteiger partial charge in [0.2, 0.25) is 0 Å². The van der Waals surface area contributed by atoms with E-state index < -0.39 is 18.5 Å². The minimum Gasteiger partial charge on any atom is -0.479 e. The fraction of sp³-hybridized carbons (Fsp3) is 0.125. The van der Waals surface area contributed by atoms with Crippen LogP contribution in [0.3, 0.4) is 0 Å². The normalized spacial score (nSPS) is 9.88. The van der Waals surface area contributed by atoms with Crippen LogP contribution >= 0.6 is 23.2 Å². The number of rotatable bonds is 4. The molecule has 0 aliphatic rings. The van der Waals surface area contributed by atoms with Gasteiger partial charge in [0.1, 0.15) is 10.3 Å². The Morgan fingerprint density at radius 1 is 1.44 bits per heavy atom. The summed E-state index contributed by atoms with van der Waals surface area (Å²) >= 11 is 11.2. The van der Waals surface area contributed by atoms with Gasteiger partial charge in [-0.15, -0.1) is 0 Å². The SMILES string of the molecule is O=C(O)CONC(=O)c1ccc(Cl)nc1Cl. The number of hydrogen-bond donors (Lipinski definition) is 2. The monoisotopic (exact) mass is 264 g/mol. The first kappa shape index (κ1) is 12.7. The van der Waals surface area contributed by atoms with Gasteiger partial charge in [0.15, 0.2) is 6.61 Å². The van der Waals surface area contributed by atoms with E-state index in [1.165, 1.54) is 12.1 Å². The van der Waals surface area contributed by atoms with Crippen LogP contribution in [0.2, 0.25) is 10.3 Å². The van der Waals surface area contributed by atoms with Gasteiger partial charge in [-0.2, -0.15) is 0 Å². The molecule has 0 fully saturated rings. The highest BCUT2D eigenvalue weighted by Gasteiger charge is 2.12. The topological polar surface area (TPSA) is 88.5 Å². The highest BCUT2D eigenvalue weighted by Crippen LogP contribution is 2.16. The third-order valence-corrected chi connectivity index (χ3v) is 1.92. The van der Waals surface area contributed by atoms with Crippen molar-refractivity contribution in [2.75, 3.05) is 6.61 Å². The number of nitrogens with one attached hydrogen (secondary N) is 1. The number of carboxylic acids is 1. The molecule has 1 aromatic rings. The Hall–Kier alpha value is -1.37. The number of carbonyl (C=O) groups excluding carboxylic acids is 1. The lowest BCUT2D eigenvalue weighted by molar-refractivity contribution is -0.144. The van der Waals surface area contributed by atoms with Crippen molar-refractivity contribution in [3.05, 3.63) is 28.0 Å². The first-order valence-corrected chi connectivity index (χ1v) is 4.72. The summed E-state index contributed by atoms with van der Waals surface area (Å²) in [5, 5.41) is 8.31. The molecule has 2 N–H and O–H groups in total. The summed E-state index contributed by atoms with van der Waals surface area (Å²) in [7, 11) is 0. The number of halogens is 2. The highest BCUT2D eigenvalue weighted by molar-refractivity contribution is 6.34. The summed E-state index contributed by atoms with van der Waals surface area (Å²) in [4.78, 5) is 29.5. The van der Waals surface area contributed by atoms with Crippen molar-refractivity contribution in [2.24, 2.45) is 0 Å². The minimum absolute atomic E-state index is 0.0384. The largest absolute Gasteiger partial charge is 0.479 e. The number of carbonyl (C=O) groups is 2. The smallest absolute Gasteiger partial charge is 0.332 e. The van der Waals surface area contributed by atoms with Crippen LogP contribution in [0, 0.1) is 0 Å². The quantitative estimate of drug-likeness (QED) is 0.629. The maximum atomic E-state index is 11.4. The minimum atomic E-state index is -1.21. The Labute approximate surface area is 100 Å². The van der Waals surface area contributed by atoms with Gasteiger partial charge in [0, 0.05) is 0 Å². The molecule has 0 atom stereocenters. The van der Waals surface area contributed by atoms with Crippen LogP contribution in [-0.2, 0) is 9.63 Å². The van der Waals surface area contributed by atoms with Crippen LogP contribution in [-0.4, -0.2) is 28.6 Å². The third-order valence-electron chi connectivity index (χ3n) is 1.42. The molecule has 16 heavy (non-hydrogen) atoms. The molecule has 0 aromatic carbocycles. The zero-order valence-electron chi connectivity index (χ0n) is 7.74. The summed E-state index contributed by atoms with van der Waals surface area (Å²) in [6, 6.07) is 2.72. The molecule has 1 heterocycles. The lowest BCUT2D eigenvalue weighted by atomic mass is 10.3. The Bertz CT molecular complexity index is 424. The molecule has 6 nitrogen and oxygen atoms in total. The summed E-state index contributed by atoms with van der Waals surface area (Å²) < 4.78 is 0. The van der Waals surface area contributed by atoms with Crippen LogP contribution in [0.15, 0.2) is 12.1 Å². The number of hydroxylamine groups is 1. The van der Waals surface area contributed by atoms with Crippen molar-refractivity contribution in [3.8, 4) is 0 Å². The van der Waals surface area contributed by atoms with Gasteiger partial charge in [0.25, 0.3) is 5.91 Å². The molecule has 0 unspecified atom stereocenters. The third kappa shape index (κ3) is 3.65. The number of aliphatic carboxylic acids is 1. The van der Waals surface area contributed by atoms with Gasteiger partial charge in [-0.3, -0.25) is 9.63 Å². The molecule has 0 saturated carbocycles. The van der Waals surface area contributed by atoms with Crippen molar-refractivity contribution >= 4 is 35.1 Å². The number of amides is 1. The molecule has 1 amide bonds. The van der Waals surface area contributed by atoms with E-state index in [0.29, 0.717) is 0 Å². The van der Waals surface area contributed by atoms with Crippen molar-refractivity contribution in [3.63, 3.8) is 0 Å². The molecule has 1 aromatic heterocycles. The van der Waals surface area contributed by atoms with Crippen LogP contribution in [0.5, 0.6) is 0 Å². The maximum Gasteiger partial charge on any atom is 0.332 e. The van der Waals surface area contributed by atoms with E-state index in [1.54, 1.807) is 0 Å². The Morgan fingerprint density at radius 2 is 2.12 bits per heavy atom. The lowest BCUT2D eigenvalue weighted by Crippen LogP contribution is -2.27. The number of carboxylic acid groups (broad SMARTS) is 1. The molecule has 0 radical (unpaired) electrons. The molecular formula is C8H6Cl2N2O4. The maximum absolute atomic E-state index is 11.4. The van der Waals surface area contributed by atoms with E-state index in [4.69, 9.17) is 28.3 Å². The number of hydrogen-bond acceptors (Lipinski definition) is 4. The summed E-state index contributed by atoms with van der Waals surface area (Å²) in [6.07, 6.45) is 0. The molecule has 1 rings (SSSR count).